The van der Waals surface area contributed by atoms with E-state index in [1.807, 2.05) is 48.8 Å². The number of H-pyrrole nitrogens is 1. The van der Waals surface area contributed by atoms with Gasteiger partial charge in [-0.15, -0.1) is 0 Å². The molecule has 0 aliphatic heterocycles. The van der Waals surface area contributed by atoms with Crippen LogP contribution in [0.1, 0.15) is 48.5 Å². The van der Waals surface area contributed by atoms with E-state index in [1.165, 1.54) is 0 Å². The van der Waals surface area contributed by atoms with Crippen LogP contribution in [0.2, 0.25) is 0 Å². The summed E-state index contributed by atoms with van der Waals surface area (Å²) >= 11 is 0. The SMILES string of the molecule is CC(C)c1ncc(CNC(Cc2cc(=O)[nH]c(-c3ccccn3)n2)c2ccccc2)cn1. The second kappa shape index (κ2) is 10.1. The fraction of sp³-hybridized carbons (Fsp3) is 0.240. The van der Waals surface area contributed by atoms with Gasteiger partial charge in [-0.2, -0.15) is 0 Å². The summed E-state index contributed by atoms with van der Waals surface area (Å²) in [5.41, 5.74) is 3.26. The second-order valence-corrected chi connectivity index (χ2v) is 7.95. The molecule has 4 rings (SSSR count). The maximum Gasteiger partial charge on any atom is 0.251 e. The maximum atomic E-state index is 12.3. The van der Waals surface area contributed by atoms with Crippen LogP contribution in [0, 0.1) is 0 Å². The van der Waals surface area contributed by atoms with E-state index in [0.717, 1.165) is 17.0 Å². The van der Waals surface area contributed by atoms with Crippen molar-refractivity contribution in [3.05, 3.63) is 106 Å². The Morgan fingerprint density at radius 3 is 2.41 bits per heavy atom. The fourth-order valence-electron chi connectivity index (χ4n) is 3.43. The van der Waals surface area contributed by atoms with Gasteiger partial charge in [0.1, 0.15) is 11.5 Å². The Labute approximate surface area is 187 Å². The van der Waals surface area contributed by atoms with Crippen molar-refractivity contribution in [3.63, 3.8) is 0 Å². The quantitative estimate of drug-likeness (QED) is 0.445. The first-order valence-corrected chi connectivity index (χ1v) is 10.7. The van der Waals surface area contributed by atoms with Crippen LogP contribution in [0.15, 0.2) is 78.0 Å². The van der Waals surface area contributed by atoms with Crippen molar-refractivity contribution in [1.29, 1.82) is 0 Å². The van der Waals surface area contributed by atoms with E-state index in [-0.39, 0.29) is 11.6 Å². The van der Waals surface area contributed by atoms with Gasteiger partial charge in [0, 0.05) is 55.1 Å². The Balaban J connectivity index is 1.56. The van der Waals surface area contributed by atoms with Gasteiger partial charge in [-0.05, 0) is 17.7 Å². The Hall–Kier alpha value is -3.71. The smallest absolute Gasteiger partial charge is 0.251 e. The summed E-state index contributed by atoms with van der Waals surface area (Å²) in [6, 6.07) is 17.2. The number of pyridine rings is 1. The van der Waals surface area contributed by atoms with Crippen molar-refractivity contribution in [2.24, 2.45) is 0 Å². The first-order valence-electron chi connectivity index (χ1n) is 10.7. The summed E-state index contributed by atoms with van der Waals surface area (Å²) < 4.78 is 0. The fourth-order valence-corrected chi connectivity index (χ4v) is 3.43. The van der Waals surface area contributed by atoms with Gasteiger partial charge in [0.05, 0.1) is 5.69 Å². The molecule has 7 nitrogen and oxygen atoms in total. The van der Waals surface area contributed by atoms with Gasteiger partial charge in [0.25, 0.3) is 5.56 Å². The third-order valence-electron chi connectivity index (χ3n) is 5.11. The summed E-state index contributed by atoms with van der Waals surface area (Å²) in [7, 11) is 0. The highest BCUT2D eigenvalue weighted by atomic mass is 16.1. The molecule has 0 bridgehead atoms. The zero-order valence-electron chi connectivity index (χ0n) is 18.2. The third-order valence-corrected chi connectivity index (χ3v) is 5.11. The standard InChI is InChI=1S/C25H26N6O/c1-17(2)24-28-15-18(16-29-24)14-27-22(19-8-4-3-5-9-19)12-20-13-23(32)31-25(30-20)21-10-6-7-11-26-21/h3-11,13,15-17,22,27H,12,14H2,1-2H3,(H,30,31,32). The molecule has 162 valence electrons. The highest BCUT2D eigenvalue weighted by molar-refractivity contribution is 5.48. The van der Waals surface area contributed by atoms with Crippen LogP contribution < -0.4 is 10.9 Å². The van der Waals surface area contributed by atoms with Crippen LogP contribution >= 0.6 is 0 Å². The molecule has 0 fully saturated rings. The summed E-state index contributed by atoms with van der Waals surface area (Å²) in [5.74, 6) is 1.60. The highest BCUT2D eigenvalue weighted by Gasteiger charge is 2.15. The van der Waals surface area contributed by atoms with E-state index in [2.05, 4.69) is 56.2 Å². The number of nitrogens with zero attached hydrogens (tertiary/aromatic N) is 4. The Morgan fingerprint density at radius 1 is 0.969 bits per heavy atom. The Kier molecular flexibility index (Phi) is 6.77. The molecular weight excluding hydrogens is 400 g/mol. The number of aromatic nitrogens is 5. The van der Waals surface area contributed by atoms with Gasteiger partial charge >= 0.3 is 0 Å². The van der Waals surface area contributed by atoms with Crippen molar-refractivity contribution in [1.82, 2.24) is 30.2 Å². The summed E-state index contributed by atoms with van der Waals surface area (Å²) in [6.07, 6.45) is 5.96. The molecule has 0 amide bonds. The first kappa shape index (κ1) is 21.5. The molecular formula is C25H26N6O. The van der Waals surface area contributed by atoms with Gasteiger partial charge in [-0.25, -0.2) is 15.0 Å². The molecule has 1 aromatic carbocycles. The van der Waals surface area contributed by atoms with Gasteiger partial charge in [0.2, 0.25) is 0 Å². The third kappa shape index (κ3) is 5.50. The van der Waals surface area contributed by atoms with Crippen LogP contribution in [0.4, 0.5) is 0 Å². The predicted octanol–water partition coefficient (Wildman–Crippen LogP) is 3.82. The predicted molar refractivity (Wildman–Crippen MR) is 124 cm³/mol. The van der Waals surface area contributed by atoms with Gasteiger partial charge in [0.15, 0.2) is 5.82 Å². The number of rotatable bonds is 8. The maximum absolute atomic E-state index is 12.3. The molecule has 3 aromatic heterocycles. The van der Waals surface area contributed by atoms with Gasteiger partial charge in [-0.1, -0.05) is 50.2 Å². The van der Waals surface area contributed by atoms with Crippen LogP contribution in [-0.2, 0) is 13.0 Å². The van der Waals surface area contributed by atoms with E-state index < -0.39 is 0 Å². The lowest BCUT2D eigenvalue weighted by atomic mass is 10.0. The second-order valence-electron chi connectivity index (χ2n) is 7.95. The van der Waals surface area contributed by atoms with Gasteiger partial charge in [-0.3, -0.25) is 9.78 Å². The molecule has 0 saturated carbocycles. The molecule has 0 aliphatic carbocycles. The molecule has 2 N–H and O–H groups in total. The number of aromatic amines is 1. The van der Waals surface area contributed by atoms with Crippen molar-refractivity contribution in [3.8, 4) is 11.5 Å². The van der Waals surface area contributed by atoms with Crippen molar-refractivity contribution < 1.29 is 0 Å². The Morgan fingerprint density at radius 2 is 1.72 bits per heavy atom. The van der Waals surface area contributed by atoms with E-state index in [0.29, 0.717) is 36.1 Å². The minimum atomic E-state index is -0.194. The normalized spacial score (nSPS) is 12.1. The minimum absolute atomic E-state index is 0.0353. The van der Waals surface area contributed by atoms with Crippen LogP contribution in [0.5, 0.6) is 0 Å². The molecule has 0 spiro atoms. The zero-order valence-corrected chi connectivity index (χ0v) is 18.2. The van der Waals surface area contributed by atoms with Gasteiger partial charge < -0.3 is 10.3 Å². The topological polar surface area (TPSA) is 96.5 Å². The lowest BCUT2D eigenvalue weighted by Crippen LogP contribution is -2.24. The van der Waals surface area contributed by atoms with Crippen molar-refractivity contribution in [2.75, 3.05) is 0 Å². The van der Waals surface area contributed by atoms with Crippen molar-refractivity contribution >= 4 is 0 Å². The van der Waals surface area contributed by atoms with E-state index in [1.54, 1.807) is 12.3 Å². The molecule has 7 heteroatoms. The largest absolute Gasteiger partial charge is 0.305 e. The lowest BCUT2D eigenvalue weighted by Gasteiger charge is -2.19. The molecule has 32 heavy (non-hydrogen) atoms. The Bertz CT molecular complexity index is 1190. The minimum Gasteiger partial charge on any atom is -0.305 e. The molecule has 0 saturated heterocycles. The average molecular weight is 427 g/mol. The molecule has 3 heterocycles. The molecule has 1 unspecified atom stereocenters. The average Bonchev–Trinajstić information content (AvgIpc) is 2.83. The molecule has 1 atom stereocenters. The summed E-state index contributed by atoms with van der Waals surface area (Å²) in [4.78, 5) is 33.0. The number of benzene rings is 1. The number of nitrogens with one attached hydrogen (secondary N) is 2. The summed E-state index contributed by atoms with van der Waals surface area (Å²) in [5, 5.41) is 3.58. The first-order chi connectivity index (χ1) is 15.6. The molecule has 0 aliphatic rings. The van der Waals surface area contributed by atoms with Crippen LogP contribution in [0.25, 0.3) is 11.5 Å². The highest BCUT2D eigenvalue weighted by Crippen LogP contribution is 2.19. The van der Waals surface area contributed by atoms with E-state index in [9.17, 15) is 4.79 Å². The number of hydrogen-bond acceptors (Lipinski definition) is 6. The van der Waals surface area contributed by atoms with Crippen LogP contribution in [-0.4, -0.2) is 24.9 Å². The van der Waals surface area contributed by atoms with E-state index >= 15 is 0 Å². The van der Waals surface area contributed by atoms with E-state index in [4.69, 9.17) is 0 Å². The van der Waals surface area contributed by atoms with Crippen molar-refractivity contribution in [2.45, 2.75) is 38.8 Å². The zero-order chi connectivity index (χ0) is 22.3. The van der Waals surface area contributed by atoms with Crippen LogP contribution in [0.3, 0.4) is 0 Å². The molecule has 4 aromatic rings. The lowest BCUT2D eigenvalue weighted by molar-refractivity contribution is 0.523. The number of hydrogen-bond donors (Lipinski definition) is 2. The monoisotopic (exact) mass is 426 g/mol. The summed E-state index contributed by atoms with van der Waals surface area (Å²) in [6.45, 7) is 4.76. The molecule has 0 radical (unpaired) electrons.